The van der Waals surface area contributed by atoms with Gasteiger partial charge in [-0.05, 0) is 49.4 Å². The van der Waals surface area contributed by atoms with Crippen LogP contribution < -0.4 is 5.32 Å². The van der Waals surface area contributed by atoms with Gasteiger partial charge in [0, 0.05) is 30.2 Å². The van der Waals surface area contributed by atoms with Crippen molar-refractivity contribution in [3.63, 3.8) is 0 Å². The molecular formula is C22H19N3O2. The summed E-state index contributed by atoms with van der Waals surface area (Å²) in [4.78, 5) is 21.8. The molecule has 0 aliphatic heterocycles. The predicted octanol–water partition coefficient (Wildman–Crippen LogP) is 4.17. The number of carbonyl (C=O) groups excluding carboxylic acids is 1. The number of pyridine rings is 2. The number of aryl methyl sites for hydroxylation is 1. The van der Waals surface area contributed by atoms with Gasteiger partial charge < -0.3 is 9.73 Å². The van der Waals surface area contributed by atoms with Crippen LogP contribution in [-0.4, -0.2) is 22.4 Å². The van der Waals surface area contributed by atoms with E-state index in [4.69, 9.17) is 4.42 Å². The second kappa shape index (κ2) is 7.41. The van der Waals surface area contributed by atoms with Crippen molar-refractivity contribution >= 4 is 16.8 Å². The molecule has 0 fully saturated rings. The normalized spacial score (nSPS) is 10.9. The van der Waals surface area contributed by atoms with Crippen molar-refractivity contribution in [2.45, 2.75) is 13.3 Å². The third-order valence-electron chi connectivity index (χ3n) is 4.38. The average Bonchev–Trinajstić information content (AvgIpc) is 3.23. The van der Waals surface area contributed by atoms with E-state index in [-0.39, 0.29) is 5.91 Å². The second-order valence-corrected chi connectivity index (χ2v) is 6.38. The Morgan fingerprint density at radius 3 is 2.81 bits per heavy atom. The minimum Gasteiger partial charge on any atom is -0.463 e. The minimum atomic E-state index is -0.128. The van der Waals surface area contributed by atoms with Gasteiger partial charge in [-0.25, -0.2) is 4.98 Å². The fourth-order valence-electron chi connectivity index (χ4n) is 3.02. The molecule has 1 aromatic carbocycles. The van der Waals surface area contributed by atoms with Gasteiger partial charge in [0.05, 0.1) is 17.3 Å². The lowest BCUT2D eigenvalue weighted by Crippen LogP contribution is -2.26. The number of furan rings is 1. The zero-order chi connectivity index (χ0) is 18.6. The van der Waals surface area contributed by atoms with E-state index in [9.17, 15) is 4.79 Å². The Hall–Kier alpha value is -3.47. The van der Waals surface area contributed by atoms with Crippen LogP contribution in [0.25, 0.3) is 22.4 Å². The molecule has 0 aliphatic rings. The maximum absolute atomic E-state index is 12.9. The number of fused-ring (bicyclic) bond motifs is 1. The van der Waals surface area contributed by atoms with Crippen LogP contribution in [0.3, 0.4) is 0 Å². The molecule has 0 radical (unpaired) electrons. The third kappa shape index (κ3) is 3.72. The van der Waals surface area contributed by atoms with Crippen LogP contribution in [0.15, 0.2) is 71.5 Å². The maximum atomic E-state index is 12.9. The highest BCUT2D eigenvalue weighted by Gasteiger charge is 2.15. The summed E-state index contributed by atoms with van der Waals surface area (Å²) in [5.74, 6) is 0.511. The van der Waals surface area contributed by atoms with E-state index in [1.165, 1.54) is 0 Å². The number of aromatic nitrogens is 2. The molecule has 0 aliphatic carbocycles. The molecule has 1 N–H and O–H groups in total. The summed E-state index contributed by atoms with van der Waals surface area (Å²) in [6, 6.07) is 17.1. The molecule has 5 heteroatoms. The van der Waals surface area contributed by atoms with E-state index in [1.54, 1.807) is 18.5 Å². The molecule has 3 aromatic heterocycles. The Labute approximate surface area is 157 Å². The highest BCUT2D eigenvalue weighted by Crippen LogP contribution is 2.26. The van der Waals surface area contributed by atoms with Crippen LogP contribution in [0.5, 0.6) is 0 Å². The SMILES string of the molecule is Cc1ccc2nc(-c3ccco3)cc(C(=O)NCCc3ccccn3)c2c1. The van der Waals surface area contributed by atoms with Crippen molar-refractivity contribution < 1.29 is 9.21 Å². The summed E-state index contributed by atoms with van der Waals surface area (Å²) in [6.45, 7) is 2.52. The van der Waals surface area contributed by atoms with E-state index in [0.717, 1.165) is 22.2 Å². The number of nitrogens with one attached hydrogen (secondary N) is 1. The molecule has 1 amide bonds. The van der Waals surface area contributed by atoms with E-state index >= 15 is 0 Å². The first-order valence-corrected chi connectivity index (χ1v) is 8.84. The van der Waals surface area contributed by atoms with Gasteiger partial charge >= 0.3 is 0 Å². The van der Waals surface area contributed by atoms with Crippen LogP contribution in [0.2, 0.25) is 0 Å². The lowest BCUT2D eigenvalue weighted by Gasteiger charge is -2.10. The number of carbonyl (C=O) groups is 1. The summed E-state index contributed by atoms with van der Waals surface area (Å²) < 4.78 is 5.46. The van der Waals surface area contributed by atoms with Gasteiger partial charge in [0.2, 0.25) is 0 Å². The summed E-state index contributed by atoms with van der Waals surface area (Å²) in [5, 5.41) is 3.83. The van der Waals surface area contributed by atoms with Crippen LogP contribution >= 0.6 is 0 Å². The zero-order valence-electron chi connectivity index (χ0n) is 15.0. The highest BCUT2D eigenvalue weighted by molar-refractivity contribution is 6.07. The lowest BCUT2D eigenvalue weighted by atomic mass is 10.0. The topological polar surface area (TPSA) is 68.0 Å². The van der Waals surface area contributed by atoms with Crippen LogP contribution in [0.1, 0.15) is 21.6 Å². The molecular weight excluding hydrogens is 338 g/mol. The maximum Gasteiger partial charge on any atom is 0.252 e. The molecule has 0 saturated carbocycles. The van der Waals surface area contributed by atoms with E-state index in [0.29, 0.717) is 30.0 Å². The van der Waals surface area contributed by atoms with Crippen molar-refractivity contribution in [3.05, 3.63) is 83.9 Å². The van der Waals surface area contributed by atoms with Crippen LogP contribution in [0, 0.1) is 6.92 Å². The Morgan fingerprint density at radius 1 is 1.11 bits per heavy atom. The summed E-state index contributed by atoms with van der Waals surface area (Å²) in [5.41, 5.74) is 4.04. The van der Waals surface area contributed by atoms with E-state index < -0.39 is 0 Å². The smallest absolute Gasteiger partial charge is 0.252 e. The van der Waals surface area contributed by atoms with E-state index in [1.807, 2.05) is 55.5 Å². The number of nitrogens with zero attached hydrogens (tertiary/aromatic N) is 2. The second-order valence-electron chi connectivity index (χ2n) is 6.38. The van der Waals surface area contributed by atoms with Crippen molar-refractivity contribution in [2.75, 3.05) is 6.54 Å². The van der Waals surface area contributed by atoms with Crippen LogP contribution in [-0.2, 0) is 6.42 Å². The number of amides is 1. The fraction of sp³-hybridized carbons (Fsp3) is 0.136. The molecule has 3 heterocycles. The van der Waals surface area contributed by atoms with Crippen molar-refractivity contribution in [1.82, 2.24) is 15.3 Å². The highest BCUT2D eigenvalue weighted by atomic mass is 16.3. The first kappa shape index (κ1) is 17.0. The molecule has 4 aromatic rings. The van der Waals surface area contributed by atoms with Gasteiger partial charge in [-0.1, -0.05) is 17.7 Å². The van der Waals surface area contributed by atoms with E-state index in [2.05, 4.69) is 15.3 Å². The van der Waals surface area contributed by atoms with Gasteiger partial charge in [-0.3, -0.25) is 9.78 Å². The van der Waals surface area contributed by atoms with Crippen molar-refractivity contribution in [1.29, 1.82) is 0 Å². The number of hydrogen-bond acceptors (Lipinski definition) is 4. The Kier molecular flexibility index (Phi) is 4.66. The summed E-state index contributed by atoms with van der Waals surface area (Å²) in [6.07, 6.45) is 4.04. The van der Waals surface area contributed by atoms with Gasteiger partial charge in [0.25, 0.3) is 5.91 Å². The molecule has 5 nitrogen and oxygen atoms in total. The first-order chi connectivity index (χ1) is 13.2. The van der Waals surface area contributed by atoms with Crippen molar-refractivity contribution in [3.8, 4) is 11.5 Å². The van der Waals surface area contributed by atoms with Gasteiger partial charge in [0.15, 0.2) is 5.76 Å². The molecule has 0 bridgehead atoms. The third-order valence-corrected chi connectivity index (χ3v) is 4.38. The van der Waals surface area contributed by atoms with Crippen molar-refractivity contribution in [2.24, 2.45) is 0 Å². The molecule has 0 atom stereocenters. The molecule has 0 saturated heterocycles. The molecule has 27 heavy (non-hydrogen) atoms. The summed E-state index contributed by atoms with van der Waals surface area (Å²) >= 11 is 0. The lowest BCUT2D eigenvalue weighted by molar-refractivity contribution is 0.0955. The number of benzene rings is 1. The monoisotopic (exact) mass is 357 g/mol. The van der Waals surface area contributed by atoms with Gasteiger partial charge in [-0.15, -0.1) is 0 Å². The van der Waals surface area contributed by atoms with Gasteiger partial charge in [0.1, 0.15) is 5.69 Å². The Balaban J connectivity index is 1.64. The van der Waals surface area contributed by atoms with Gasteiger partial charge in [-0.2, -0.15) is 0 Å². The Bertz CT molecular complexity index is 1070. The number of hydrogen-bond donors (Lipinski definition) is 1. The molecule has 4 rings (SSSR count). The molecule has 134 valence electrons. The minimum absolute atomic E-state index is 0.128. The fourth-order valence-corrected chi connectivity index (χ4v) is 3.02. The predicted molar refractivity (Wildman–Crippen MR) is 104 cm³/mol. The standard InChI is InChI=1S/C22H19N3O2/c1-15-7-8-19-17(13-15)18(14-20(25-19)21-6-4-12-27-21)22(26)24-11-9-16-5-2-3-10-23-16/h2-8,10,12-14H,9,11H2,1H3,(H,24,26). The summed E-state index contributed by atoms with van der Waals surface area (Å²) in [7, 11) is 0. The average molecular weight is 357 g/mol. The largest absolute Gasteiger partial charge is 0.463 e. The zero-order valence-corrected chi connectivity index (χ0v) is 15.0. The quantitative estimate of drug-likeness (QED) is 0.582. The number of rotatable bonds is 5. The Morgan fingerprint density at radius 2 is 2.04 bits per heavy atom. The molecule has 0 unspecified atom stereocenters. The first-order valence-electron chi connectivity index (χ1n) is 8.84. The molecule has 0 spiro atoms. The van der Waals surface area contributed by atoms with Crippen LogP contribution in [0.4, 0.5) is 0 Å².